The first-order valence-corrected chi connectivity index (χ1v) is 22.6. The van der Waals surface area contributed by atoms with Gasteiger partial charge in [0.2, 0.25) is 47.3 Å². The lowest BCUT2D eigenvalue weighted by Gasteiger charge is -2.32. The zero-order valence-electron chi connectivity index (χ0n) is 39.0. The lowest BCUT2D eigenvalue weighted by molar-refractivity contribution is -0.145. The Hall–Kier alpha value is -6.65. The first kappa shape index (κ1) is 55.7. The predicted molar refractivity (Wildman–Crippen MR) is 245 cm³/mol. The highest BCUT2D eigenvalue weighted by Gasteiger charge is 2.41. The van der Waals surface area contributed by atoms with Gasteiger partial charge in [0.1, 0.15) is 48.0 Å². The van der Waals surface area contributed by atoms with Crippen LogP contribution < -0.4 is 43.4 Å². The summed E-state index contributed by atoms with van der Waals surface area (Å²) >= 11 is 0. The van der Waals surface area contributed by atoms with Crippen LogP contribution in [-0.2, 0) is 56.0 Å². The quantitative estimate of drug-likeness (QED) is 0.0478. The molecule has 1 fully saturated rings. The molecule has 1 heterocycles. The molecule has 0 aliphatic carbocycles. The number of likely N-dealkylation sites (tertiary alicyclic amines) is 1. The number of aliphatic hydroxyl groups excluding tert-OH is 2. The van der Waals surface area contributed by atoms with Gasteiger partial charge in [-0.1, -0.05) is 76.6 Å². The number of carbonyl (C=O) groups excluding carboxylic acids is 8. The minimum atomic E-state index is -1.69. The SMILES string of the molecule is CC[C@H](C)[C@H](NC(=O)[C@H](CC(C)C)NC(=O)[C@@H]1CCCN1C(=O)[C@H](Cc1ccc(O)cc1)NC(=O)[C@H](CC(N)=O)NC(=O)[C@H](Cc1ccccc1)NC(=O)[C@@H](N)CO)C(=O)N[C@H](C(=O)O)[C@@H](C)O. The number of phenols is 1. The maximum absolute atomic E-state index is 14.6. The molecule has 0 unspecified atom stereocenters. The number of primary amides is 1. The number of rotatable bonds is 26. The van der Waals surface area contributed by atoms with Crippen molar-refractivity contribution < 1.29 is 63.6 Å². The van der Waals surface area contributed by atoms with Crippen molar-refractivity contribution in [3.05, 3.63) is 65.7 Å². The van der Waals surface area contributed by atoms with Crippen molar-refractivity contribution in [1.82, 2.24) is 36.8 Å². The van der Waals surface area contributed by atoms with E-state index < -0.39 is 127 Å². The number of benzene rings is 2. The number of phenolic OH excluding ortho intramolecular Hbond substituents is 1. The summed E-state index contributed by atoms with van der Waals surface area (Å²) in [6, 6.07) is 3.04. The summed E-state index contributed by atoms with van der Waals surface area (Å²) in [6.07, 6.45) is -1.52. The Morgan fingerprint density at radius 1 is 0.706 bits per heavy atom. The maximum Gasteiger partial charge on any atom is 0.328 e. The Bertz CT molecular complexity index is 2070. The van der Waals surface area contributed by atoms with Gasteiger partial charge in [-0.15, -0.1) is 0 Å². The molecule has 1 aliphatic heterocycles. The van der Waals surface area contributed by atoms with Crippen LogP contribution in [0, 0.1) is 11.8 Å². The molecule has 8 amide bonds. The Kier molecular flexibility index (Phi) is 21.8. The first-order valence-electron chi connectivity index (χ1n) is 22.6. The molecule has 1 aliphatic rings. The standard InChI is InChI=1S/C46H67N9O13/c1-6-25(4)37(44(65)54-38(26(5)57)46(67)68)53-42(63)31(19-24(2)3)51-43(64)35-13-10-18-55(35)45(66)34(21-28-14-16-29(58)17-15-28)52-41(62)33(22-36(48)59)50-40(61)32(49-39(60)30(47)23-56)20-27-11-8-7-9-12-27/h7-9,11-12,14-17,24-26,30-35,37-38,56-58H,6,10,13,18-23,47H2,1-5H3,(H2,48,59)(H,49,60)(H,50,61)(H,51,64)(H,52,62)(H,53,63)(H,54,65)(H,67,68)/t25-,26+,30-,31-,32-,33-,34-,35-,37-,38-/m0/s1. The Labute approximate surface area is 394 Å². The summed E-state index contributed by atoms with van der Waals surface area (Å²) in [4.78, 5) is 122. The van der Waals surface area contributed by atoms with Crippen LogP contribution in [0.5, 0.6) is 5.75 Å². The van der Waals surface area contributed by atoms with E-state index in [1.807, 2.05) is 0 Å². The molecule has 0 radical (unpaired) electrons. The monoisotopic (exact) mass is 953 g/mol. The third-order valence-electron chi connectivity index (χ3n) is 11.5. The molecule has 3 rings (SSSR count). The zero-order chi connectivity index (χ0) is 50.8. The number of nitrogens with one attached hydrogen (secondary N) is 6. The van der Waals surface area contributed by atoms with E-state index in [1.54, 1.807) is 58.0 Å². The van der Waals surface area contributed by atoms with Crippen molar-refractivity contribution in [3.8, 4) is 5.75 Å². The Morgan fingerprint density at radius 3 is 1.81 bits per heavy atom. The third kappa shape index (κ3) is 16.9. The summed E-state index contributed by atoms with van der Waals surface area (Å²) in [7, 11) is 0. The number of aromatic hydroxyl groups is 1. The van der Waals surface area contributed by atoms with Gasteiger partial charge in [0, 0.05) is 19.4 Å². The summed E-state index contributed by atoms with van der Waals surface area (Å²) in [5.41, 5.74) is 12.3. The molecule has 0 saturated carbocycles. The molecule has 22 nitrogen and oxygen atoms in total. The summed E-state index contributed by atoms with van der Waals surface area (Å²) in [5, 5.41) is 54.0. The van der Waals surface area contributed by atoms with Gasteiger partial charge in [-0.2, -0.15) is 0 Å². The van der Waals surface area contributed by atoms with Crippen molar-refractivity contribution >= 4 is 53.2 Å². The van der Waals surface area contributed by atoms with Crippen LogP contribution in [0.2, 0.25) is 0 Å². The molecule has 0 bridgehead atoms. The van der Waals surface area contributed by atoms with Gasteiger partial charge in [0.15, 0.2) is 6.04 Å². The first-order chi connectivity index (χ1) is 32.1. The van der Waals surface area contributed by atoms with Crippen LogP contribution in [0.25, 0.3) is 0 Å². The van der Waals surface area contributed by atoms with Crippen molar-refractivity contribution in [2.24, 2.45) is 23.3 Å². The molecule has 10 atom stereocenters. The van der Waals surface area contributed by atoms with Gasteiger partial charge in [0.05, 0.1) is 19.1 Å². The minimum absolute atomic E-state index is 0.0441. The summed E-state index contributed by atoms with van der Waals surface area (Å²) < 4.78 is 0. The molecule has 0 aromatic heterocycles. The van der Waals surface area contributed by atoms with Crippen molar-refractivity contribution in [3.63, 3.8) is 0 Å². The van der Waals surface area contributed by atoms with Crippen LogP contribution in [-0.4, -0.2) is 146 Å². The number of carboxylic acid groups (broad SMARTS) is 1. The highest BCUT2D eigenvalue weighted by atomic mass is 16.4. The maximum atomic E-state index is 14.6. The third-order valence-corrected chi connectivity index (χ3v) is 11.5. The molecule has 2 aromatic carbocycles. The summed E-state index contributed by atoms with van der Waals surface area (Å²) in [5.74, 6) is -9.16. The van der Waals surface area contributed by atoms with Crippen LogP contribution in [0.3, 0.4) is 0 Å². The number of amides is 8. The normalized spacial score (nSPS) is 17.4. The molecule has 1 saturated heterocycles. The highest BCUT2D eigenvalue weighted by molar-refractivity contribution is 5.99. The van der Waals surface area contributed by atoms with E-state index in [9.17, 15) is 63.6 Å². The van der Waals surface area contributed by atoms with Crippen LogP contribution in [0.1, 0.15) is 77.8 Å². The molecule has 0 spiro atoms. The van der Waals surface area contributed by atoms with Gasteiger partial charge in [-0.05, 0) is 61.3 Å². The summed E-state index contributed by atoms with van der Waals surface area (Å²) in [6.45, 7) is 7.53. The fourth-order valence-corrected chi connectivity index (χ4v) is 7.51. The average molecular weight is 954 g/mol. The number of hydrogen-bond donors (Lipinski definition) is 12. The zero-order valence-corrected chi connectivity index (χ0v) is 39.0. The number of nitrogens with zero attached hydrogens (tertiary/aromatic N) is 1. The number of carboxylic acids is 1. The molecule has 22 heteroatoms. The highest BCUT2D eigenvalue weighted by Crippen LogP contribution is 2.22. The van der Waals surface area contributed by atoms with Gasteiger partial charge in [0.25, 0.3) is 0 Å². The number of aliphatic carboxylic acids is 1. The van der Waals surface area contributed by atoms with Crippen molar-refractivity contribution in [1.29, 1.82) is 0 Å². The van der Waals surface area contributed by atoms with E-state index in [0.29, 0.717) is 24.0 Å². The number of aliphatic hydroxyl groups is 2. The van der Waals surface area contributed by atoms with Crippen molar-refractivity contribution in [2.75, 3.05) is 13.2 Å². The van der Waals surface area contributed by atoms with Crippen LogP contribution in [0.15, 0.2) is 54.6 Å². The van der Waals surface area contributed by atoms with E-state index in [1.165, 1.54) is 36.1 Å². The fraction of sp³-hybridized carbons (Fsp3) is 0.543. The minimum Gasteiger partial charge on any atom is -0.508 e. The van der Waals surface area contributed by atoms with E-state index in [4.69, 9.17) is 11.5 Å². The lowest BCUT2D eigenvalue weighted by Crippen LogP contribution is -2.61. The molecular formula is C46H67N9O13. The molecule has 68 heavy (non-hydrogen) atoms. The van der Waals surface area contributed by atoms with Gasteiger partial charge in [-0.25, -0.2) is 4.79 Å². The topological polar surface area (TPSA) is 362 Å². The number of nitrogens with two attached hydrogens (primary N) is 2. The second-order valence-electron chi connectivity index (χ2n) is 17.5. The van der Waals surface area contributed by atoms with E-state index in [-0.39, 0.29) is 43.9 Å². The van der Waals surface area contributed by atoms with E-state index >= 15 is 0 Å². The molecular weight excluding hydrogens is 887 g/mol. The average Bonchev–Trinajstić information content (AvgIpc) is 3.79. The smallest absolute Gasteiger partial charge is 0.328 e. The van der Waals surface area contributed by atoms with Gasteiger partial charge in [-0.3, -0.25) is 38.4 Å². The second-order valence-corrected chi connectivity index (χ2v) is 17.5. The number of carbonyl (C=O) groups is 9. The van der Waals surface area contributed by atoms with Gasteiger partial charge < -0.3 is 68.7 Å². The molecule has 14 N–H and O–H groups in total. The second kappa shape index (κ2) is 26.6. The molecule has 2 aromatic rings. The fourth-order valence-electron chi connectivity index (χ4n) is 7.51. The largest absolute Gasteiger partial charge is 0.508 e. The van der Waals surface area contributed by atoms with E-state index in [2.05, 4.69) is 31.9 Å². The lowest BCUT2D eigenvalue weighted by atomic mass is 9.96. The molecule has 374 valence electrons. The number of hydrogen-bond acceptors (Lipinski definition) is 13. The van der Waals surface area contributed by atoms with Crippen molar-refractivity contribution in [2.45, 2.75) is 134 Å². The predicted octanol–water partition coefficient (Wildman–Crippen LogP) is -2.17. The van der Waals surface area contributed by atoms with Crippen LogP contribution in [0.4, 0.5) is 0 Å². The Balaban J connectivity index is 1.92. The van der Waals surface area contributed by atoms with E-state index in [0.717, 1.165) is 0 Å². The van der Waals surface area contributed by atoms with Crippen LogP contribution >= 0.6 is 0 Å². The Morgan fingerprint density at radius 2 is 1.25 bits per heavy atom. The van der Waals surface area contributed by atoms with Gasteiger partial charge >= 0.3 is 5.97 Å².